The maximum atomic E-state index is 12.7. The Kier molecular flexibility index (Phi) is 6.46. The minimum absolute atomic E-state index is 0.107. The first-order valence-corrected chi connectivity index (χ1v) is 12.5. The van der Waals surface area contributed by atoms with Crippen LogP contribution in [-0.4, -0.2) is 35.7 Å². The highest BCUT2D eigenvalue weighted by Gasteiger charge is 2.20. The first-order valence-electron chi connectivity index (χ1n) is 9.86. The molecule has 0 fully saturated rings. The molecule has 4 aromatic rings. The van der Waals surface area contributed by atoms with Gasteiger partial charge in [-0.05, 0) is 54.8 Å². The molecule has 0 saturated carbocycles. The number of sulfonamides is 1. The number of anilines is 2. The zero-order chi connectivity index (χ0) is 24.5. The van der Waals surface area contributed by atoms with Crippen LogP contribution in [0.4, 0.5) is 16.2 Å². The molecule has 4 rings (SSSR count). The number of hydrogen-bond donors (Lipinski definition) is 4. The van der Waals surface area contributed by atoms with Crippen molar-refractivity contribution in [2.75, 3.05) is 17.2 Å². The monoisotopic (exact) mass is 519 g/mol. The van der Waals surface area contributed by atoms with Gasteiger partial charge in [-0.1, -0.05) is 11.6 Å². The number of carbonyl (C=O) groups is 1. The fourth-order valence-corrected chi connectivity index (χ4v) is 5.60. The van der Waals surface area contributed by atoms with E-state index in [4.69, 9.17) is 11.6 Å². The van der Waals surface area contributed by atoms with Crippen LogP contribution in [-0.2, 0) is 10.0 Å². The van der Waals surface area contributed by atoms with Crippen molar-refractivity contribution in [3.8, 4) is 11.7 Å². The molecular formula is C21H18ClN5O5S2. The maximum Gasteiger partial charge on any atom is 0.333 e. The van der Waals surface area contributed by atoms with Gasteiger partial charge in [0.15, 0.2) is 0 Å². The Balaban J connectivity index is 1.55. The lowest BCUT2D eigenvalue weighted by Crippen LogP contribution is -2.34. The van der Waals surface area contributed by atoms with Crippen LogP contribution in [0, 0.1) is 0 Å². The number of halogens is 1. The number of thiophene rings is 1. The summed E-state index contributed by atoms with van der Waals surface area (Å²) in [4.78, 5) is 28.9. The Morgan fingerprint density at radius 3 is 2.56 bits per heavy atom. The van der Waals surface area contributed by atoms with Gasteiger partial charge in [-0.2, -0.15) is 0 Å². The number of carbonyl (C=O) groups excluding carboxylic acids is 1. The highest BCUT2D eigenvalue weighted by molar-refractivity contribution is 7.92. The van der Waals surface area contributed by atoms with Gasteiger partial charge in [0.05, 0.1) is 16.2 Å². The third kappa shape index (κ3) is 4.83. The van der Waals surface area contributed by atoms with Gasteiger partial charge < -0.3 is 15.7 Å². The molecule has 10 nitrogen and oxygen atoms in total. The van der Waals surface area contributed by atoms with E-state index >= 15 is 0 Å². The highest BCUT2D eigenvalue weighted by Crippen LogP contribution is 2.28. The molecule has 0 atom stereocenters. The van der Waals surface area contributed by atoms with E-state index in [0.29, 0.717) is 17.3 Å². The molecule has 0 spiro atoms. The van der Waals surface area contributed by atoms with E-state index in [1.54, 1.807) is 18.2 Å². The SMILES string of the molecule is CCNc1ccc2c(O)n(-c3ccc(NC(=O)NS(=O)(=O)c4ccc(Cl)s4)cn3)c(=O)cc2c1. The lowest BCUT2D eigenvalue weighted by molar-refractivity contribution is 0.256. The maximum absolute atomic E-state index is 12.7. The summed E-state index contributed by atoms with van der Waals surface area (Å²) in [5, 5.41) is 17.2. The number of urea groups is 1. The van der Waals surface area contributed by atoms with Crippen molar-refractivity contribution < 1.29 is 18.3 Å². The van der Waals surface area contributed by atoms with Crippen molar-refractivity contribution in [3.63, 3.8) is 0 Å². The molecule has 34 heavy (non-hydrogen) atoms. The molecule has 13 heteroatoms. The summed E-state index contributed by atoms with van der Waals surface area (Å²) < 4.78 is 27.5. The van der Waals surface area contributed by atoms with Gasteiger partial charge in [0, 0.05) is 23.7 Å². The molecular weight excluding hydrogens is 502 g/mol. The van der Waals surface area contributed by atoms with E-state index < -0.39 is 21.6 Å². The summed E-state index contributed by atoms with van der Waals surface area (Å²) in [5.74, 6) is -0.163. The predicted molar refractivity (Wildman–Crippen MR) is 132 cm³/mol. The normalized spacial score (nSPS) is 11.4. The van der Waals surface area contributed by atoms with E-state index in [2.05, 4.69) is 15.6 Å². The van der Waals surface area contributed by atoms with Crippen LogP contribution in [0.3, 0.4) is 0 Å². The van der Waals surface area contributed by atoms with Crippen LogP contribution >= 0.6 is 22.9 Å². The third-order valence-electron chi connectivity index (χ3n) is 4.66. The summed E-state index contributed by atoms with van der Waals surface area (Å²) in [6, 6.07) is 11.2. The predicted octanol–water partition coefficient (Wildman–Crippen LogP) is 3.75. The summed E-state index contributed by atoms with van der Waals surface area (Å²) >= 11 is 6.56. The zero-order valence-corrected chi connectivity index (χ0v) is 20.0. The Morgan fingerprint density at radius 1 is 1.15 bits per heavy atom. The molecule has 0 radical (unpaired) electrons. The Bertz CT molecular complexity index is 1550. The van der Waals surface area contributed by atoms with Crippen molar-refractivity contribution in [2.24, 2.45) is 0 Å². The second-order valence-electron chi connectivity index (χ2n) is 7.00. The van der Waals surface area contributed by atoms with Gasteiger partial charge >= 0.3 is 6.03 Å². The summed E-state index contributed by atoms with van der Waals surface area (Å²) in [6.07, 6.45) is 1.23. The minimum atomic E-state index is -4.08. The second-order valence-corrected chi connectivity index (χ2v) is 10.6. The number of benzene rings is 1. The van der Waals surface area contributed by atoms with Crippen LogP contribution in [0.1, 0.15) is 6.92 Å². The van der Waals surface area contributed by atoms with Crippen LogP contribution < -0.4 is 20.9 Å². The summed E-state index contributed by atoms with van der Waals surface area (Å²) in [6.45, 7) is 2.66. The zero-order valence-electron chi connectivity index (χ0n) is 17.6. The molecule has 1 aromatic carbocycles. The first-order chi connectivity index (χ1) is 16.2. The van der Waals surface area contributed by atoms with Gasteiger partial charge in [0.2, 0.25) is 5.88 Å². The van der Waals surface area contributed by atoms with Crippen LogP contribution in [0.2, 0.25) is 4.34 Å². The molecule has 0 aliphatic carbocycles. The Morgan fingerprint density at radius 2 is 1.91 bits per heavy atom. The largest absolute Gasteiger partial charge is 0.494 e. The molecule has 0 aliphatic rings. The van der Waals surface area contributed by atoms with Crippen LogP contribution in [0.5, 0.6) is 5.88 Å². The number of fused-ring (bicyclic) bond motifs is 1. The Hall–Kier alpha value is -3.61. The number of aromatic nitrogens is 2. The number of pyridine rings is 2. The molecule has 3 heterocycles. The van der Waals surface area contributed by atoms with Crippen LogP contribution in [0.25, 0.3) is 16.6 Å². The van der Waals surface area contributed by atoms with Crippen molar-refractivity contribution >= 4 is 61.1 Å². The number of rotatable bonds is 6. The molecule has 0 unspecified atom stereocenters. The Labute approximate surface area is 202 Å². The fourth-order valence-electron chi connectivity index (χ4n) is 3.21. The van der Waals surface area contributed by atoms with E-state index in [1.165, 1.54) is 36.5 Å². The second kappa shape index (κ2) is 9.33. The van der Waals surface area contributed by atoms with E-state index in [-0.39, 0.29) is 25.9 Å². The van der Waals surface area contributed by atoms with Gasteiger partial charge in [0.25, 0.3) is 15.6 Å². The van der Waals surface area contributed by atoms with E-state index in [9.17, 15) is 23.1 Å². The lowest BCUT2D eigenvalue weighted by atomic mass is 10.1. The third-order valence-corrected chi connectivity index (χ3v) is 7.71. The number of amides is 2. The van der Waals surface area contributed by atoms with Gasteiger partial charge in [0.1, 0.15) is 10.0 Å². The highest BCUT2D eigenvalue weighted by atomic mass is 35.5. The van der Waals surface area contributed by atoms with Crippen molar-refractivity contribution in [3.05, 3.63) is 69.4 Å². The molecule has 4 N–H and O–H groups in total. The molecule has 176 valence electrons. The number of aromatic hydroxyl groups is 1. The average Bonchev–Trinajstić information content (AvgIpc) is 3.22. The van der Waals surface area contributed by atoms with Gasteiger partial charge in [-0.25, -0.2) is 27.5 Å². The molecule has 0 saturated heterocycles. The van der Waals surface area contributed by atoms with E-state index in [0.717, 1.165) is 21.6 Å². The summed E-state index contributed by atoms with van der Waals surface area (Å²) in [5.41, 5.74) is 0.497. The summed E-state index contributed by atoms with van der Waals surface area (Å²) in [7, 11) is -4.08. The number of nitrogens with one attached hydrogen (secondary N) is 3. The fraction of sp³-hybridized carbons (Fsp3) is 0.0952. The quantitative estimate of drug-likeness (QED) is 0.304. The van der Waals surface area contributed by atoms with E-state index in [1.807, 2.05) is 11.6 Å². The molecule has 3 aromatic heterocycles. The van der Waals surface area contributed by atoms with Crippen molar-refractivity contribution in [2.45, 2.75) is 11.1 Å². The molecule has 2 amide bonds. The van der Waals surface area contributed by atoms with Gasteiger partial charge in [-0.3, -0.25) is 4.79 Å². The standard InChI is InChI=1S/C21H18ClN5O5S2/c1-2-23-13-3-5-15-12(9-13)10-18(28)27(20(15)29)17-7-4-14(11-24-17)25-21(30)26-34(31,32)19-8-6-16(22)33-19/h3-11,23,29H,2H2,1H3,(H2,25,26,30). The number of nitrogens with zero attached hydrogens (tertiary/aromatic N) is 2. The number of hydrogen-bond acceptors (Lipinski definition) is 8. The molecule has 0 aliphatic heterocycles. The van der Waals surface area contributed by atoms with Crippen molar-refractivity contribution in [1.29, 1.82) is 0 Å². The minimum Gasteiger partial charge on any atom is -0.494 e. The average molecular weight is 520 g/mol. The first kappa shape index (κ1) is 23.5. The topological polar surface area (TPSA) is 142 Å². The van der Waals surface area contributed by atoms with Gasteiger partial charge in [-0.15, -0.1) is 11.3 Å². The molecule has 0 bridgehead atoms. The lowest BCUT2D eigenvalue weighted by Gasteiger charge is -2.12. The van der Waals surface area contributed by atoms with Crippen molar-refractivity contribution in [1.82, 2.24) is 14.3 Å². The van der Waals surface area contributed by atoms with Crippen LogP contribution in [0.15, 0.2) is 63.7 Å². The smallest absolute Gasteiger partial charge is 0.333 e.